The van der Waals surface area contributed by atoms with Gasteiger partial charge in [0.15, 0.2) is 17.6 Å². The van der Waals surface area contributed by atoms with E-state index in [4.69, 9.17) is 9.47 Å². The van der Waals surface area contributed by atoms with Gasteiger partial charge in [0.25, 0.3) is 11.6 Å². The molecule has 0 bridgehead atoms. The number of benzene rings is 1. The minimum atomic E-state index is -0.914. The molecular weight excluding hydrogens is 338 g/mol. The maximum absolute atomic E-state index is 12.8. The first-order chi connectivity index (χ1) is 12.3. The smallest absolute Gasteiger partial charge is 0.273 e. The number of nitriles is 1. The Morgan fingerprint density at radius 2 is 2.00 bits per heavy atom. The van der Waals surface area contributed by atoms with E-state index in [0.717, 1.165) is 19.3 Å². The summed E-state index contributed by atoms with van der Waals surface area (Å²) in [5.74, 6) is 0.0678. The van der Waals surface area contributed by atoms with Gasteiger partial charge in [0.1, 0.15) is 5.54 Å². The van der Waals surface area contributed by atoms with Gasteiger partial charge in [0.05, 0.1) is 24.2 Å². The summed E-state index contributed by atoms with van der Waals surface area (Å²) >= 11 is 0. The molecule has 0 saturated heterocycles. The zero-order valence-corrected chi connectivity index (χ0v) is 15.2. The van der Waals surface area contributed by atoms with E-state index in [9.17, 15) is 20.2 Å². The van der Waals surface area contributed by atoms with Gasteiger partial charge in [-0.05, 0) is 25.8 Å². The molecule has 1 aliphatic carbocycles. The molecule has 1 saturated carbocycles. The van der Waals surface area contributed by atoms with Gasteiger partial charge in [-0.3, -0.25) is 14.9 Å². The Kier molecular flexibility index (Phi) is 6.03. The van der Waals surface area contributed by atoms with Crippen LogP contribution in [0.4, 0.5) is 5.69 Å². The van der Waals surface area contributed by atoms with E-state index in [-0.39, 0.29) is 17.3 Å². The summed E-state index contributed by atoms with van der Waals surface area (Å²) in [6.45, 7) is 1.56. The monoisotopic (exact) mass is 361 g/mol. The Balaban J connectivity index is 2.20. The topological polar surface area (TPSA) is 106 Å². The van der Waals surface area contributed by atoms with E-state index in [2.05, 4.69) is 6.07 Å². The molecule has 1 fully saturated rings. The summed E-state index contributed by atoms with van der Waals surface area (Å²) in [6, 6.07) is 6.25. The number of rotatable bonds is 6. The molecule has 140 valence electrons. The number of nitro groups is 1. The van der Waals surface area contributed by atoms with Gasteiger partial charge < -0.3 is 14.4 Å². The van der Waals surface area contributed by atoms with Crippen LogP contribution < -0.4 is 9.47 Å². The van der Waals surface area contributed by atoms with Gasteiger partial charge >= 0.3 is 0 Å². The van der Waals surface area contributed by atoms with Crippen molar-refractivity contribution in [3.63, 3.8) is 0 Å². The van der Waals surface area contributed by atoms with Crippen LogP contribution in [-0.4, -0.2) is 41.5 Å². The highest BCUT2D eigenvalue weighted by molar-refractivity contribution is 5.82. The average Bonchev–Trinajstić information content (AvgIpc) is 2.67. The van der Waals surface area contributed by atoms with Crippen LogP contribution in [0.5, 0.6) is 11.5 Å². The first-order valence-electron chi connectivity index (χ1n) is 8.52. The van der Waals surface area contributed by atoms with Crippen LogP contribution >= 0.6 is 0 Å². The molecule has 1 amide bonds. The molecule has 1 aromatic rings. The predicted molar refractivity (Wildman–Crippen MR) is 93.9 cm³/mol. The lowest BCUT2D eigenvalue weighted by atomic mass is 9.81. The van der Waals surface area contributed by atoms with Gasteiger partial charge in [0.2, 0.25) is 0 Å². The molecule has 8 heteroatoms. The molecule has 2 rings (SSSR count). The number of nitro benzene ring substituents is 1. The number of nitrogens with zero attached hydrogens (tertiary/aromatic N) is 3. The quantitative estimate of drug-likeness (QED) is 0.569. The van der Waals surface area contributed by atoms with Crippen molar-refractivity contribution in [3.8, 4) is 17.6 Å². The molecule has 0 aliphatic heterocycles. The molecule has 0 unspecified atom stereocenters. The van der Waals surface area contributed by atoms with Crippen molar-refractivity contribution in [2.45, 2.75) is 50.7 Å². The molecular formula is C18H23N3O5. The maximum Gasteiger partial charge on any atom is 0.273 e. The second kappa shape index (κ2) is 8.04. The van der Waals surface area contributed by atoms with Crippen molar-refractivity contribution in [2.24, 2.45) is 0 Å². The summed E-state index contributed by atoms with van der Waals surface area (Å²) in [5, 5.41) is 20.6. The van der Waals surface area contributed by atoms with E-state index >= 15 is 0 Å². The molecule has 0 heterocycles. The Bertz CT molecular complexity index is 722. The van der Waals surface area contributed by atoms with Crippen LogP contribution in [0.1, 0.15) is 39.0 Å². The van der Waals surface area contributed by atoms with Crippen LogP contribution in [0, 0.1) is 21.4 Å². The van der Waals surface area contributed by atoms with Crippen molar-refractivity contribution >= 4 is 11.6 Å². The number of likely N-dealkylation sites (N-methyl/N-ethyl adjacent to an activating group) is 1. The fourth-order valence-electron chi connectivity index (χ4n) is 3.25. The van der Waals surface area contributed by atoms with Crippen LogP contribution in [-0.2, 0) is 4.79 Å². The van der Waals surface area contributed by atoms with Crippen LogP contribution in [0.15, 0.2) is 18.2 Å². The zero-order chi connectivity index (χ0) is 19.3. The first-order valence-corrected chi connectivity index (χ1v) is 8.52. The number of hydrogen-bond acceptors (Lipinski definition) is 6. The Morgan fingerprint density at radius 3 is 2.54 bits per heavy atom. The molecule has 1 atom stereocenters. The number of carbonyl (C=O) groups is 1. The van der Waals surface area contributed by atoms with Crippen molar-refractivity contribution in [2.75, 3.05) is 14.2 Å². The van der Waals surface area contributed by atoms with Gasteiger partial charge in [-0.15, -0.1) is 0 Å². The van der Waals surface area contributed by atoms with Crippen molar-refractivity contribution < 1.29 is 19.2 Å². The van der Waals surface area contributed by atoms with Crippen LogP contribution in [0.2, 0.25) is 0 Å². The fraction of sp³-hybridized carbons (Fsp3) is 0.556. The Labute approximate surface area is 152 Å². The molecule has 0 N–H and O–H groups in total. The third kappa shape index (κ3) is 3.87. The largest absolute Gasteiger partial charge is 0.493 e. The number of ether oxygens (including phenoxy) is 2. The number of methoxy groups -OCH3 is 1. The third-order valence-electron chi connectivity index (χ3n) is 4.87. The summed E-state index contributed by atoms with van der Waals surface area (Å²) in [5.41, 5.74) is -0.978. The number of amides is 1. The number of hydrogen-bond donors (Lipinski definition) is 0. The fourth-order valence-corrected chi connectivity index (χ4v) is 3.25. The highest BCUT2D eigenvalue weighted by Crippen LogP contribution is 2.35. The average molecular weight is 361 g/mol. The molecule has 0 spiro atoms. The predicted octanol–water partition coefficient (Wildman–Crippen LogP) is 3.06. The third-order valence-corrected chi connectivity index (χ3v) is 4.87. The van der Waals surface area contributed by atoms with Gasteiger partial charge in [-0.25, -0.2) is 0 Å². The van der Waals surface area contributed by atoms with E-state index < -0.39 is 16.6 Å². The highest BCUT2D eigenvalue weighted by Gasteiger charge is 2.40. The van der Waals surface area contributed by atoms with E-state index in [1.54, 1.807) is 14.0 Å². The second-order valence-electron chi connectivity index (χ2n) is 6.45. The highest BCUT2D eigenvalue weighted by atomic mass is 16.6. The maximum atomic E-state index is 12.8. The van der Waals surface area contributed by atoms with E-state index in [1.165, 1.54) is 30.2 Å². The number of carbonyl (C=O) groups excluding carboxylic acids is 1. The van der Waals surface area contributed by atoms with Gasteiger partial charge in [-0.1, -0.05) is 19.3 Å². The first kappa shape index (κ1) is 19.5. The van der Waals surface area contributed by atoms with Crippen molar-refractivity contribution in [1.82, 2.24) is 4.90 Å². The van der Waals surface area contributed by atoms with E-state index in [0.29, 0.717) is 18.6 Å². The lowest BCUT2D eigenvalue weighted by molar-refractivity contribution is -0.385. The zero-order valence-electron chi connectivity index (χ0n) is 15.2. The second-order valence-corrected chi connectivity index (χ2v) is 6.45. The lowest BCUT2D eigenvalue weighted by Crippen LogP contribution is -2.53. The Hall–Kier alpha value is -2.82. The van der Waals surface area contributed by atoms with Crippen molar-refractivity contribution in [1.29, 1.82) is 5.26 Å². The van der Waals surface area contributed by atoms with Crippen LogP contribution in [0.25, 0.3) is 0 Å². The number of non-ortho nitro benzene ring substituents is 1. The standard InChI is InChI=1S/C18H23N3O5/c1-13(17(22)20(2)18(12-19)9-5-4-6-10-18)26-16-11-14(21(23)24)7-8-15(16)25-3/h7-8,11,13H,4-6,9-10H2,1-3H3/t13-/m1/s1. The molecule has 0 aromatic heterocycles. The minimum absolute atomic E-state index is 0.116. The van der Waals surface area contributed by atoms with Gasteiger partial charge in [0, 0.05) is 13.1 Å². The SMILES string of the molecule is COc1ccc([N+](=O)[O-])cc1O[C@H](C)C(=O)N(C)C1(C#N)CCCCC1. The summed E-state index contributed by atoms with van der Waals surface area (Å²) in [6.07, 6.45) is 3.22. The summed E-state index contributed by atoms with van der Waals surface area (Å²) in [4.78, 5) is 24.7. The summed E-state index contributed by atoms with van der Waals surface area (Å²) in [7, 11) is 3.03. The Morgan fingerprint density at radius 1 is 1.35 bits per heavy atom. The van der Waals surface area contributed by atoms with Gasteiger partial charge in [-0.2, -0.15) is 5.26 Å². The lowest BCUT2D eigenvalue weighted by Gasteiger charge is -2.40. The van der Waals surface area contributed by atoms with Crippen molar-refractivity contribution in [3.05, 3.63) is 28.3 Å². The molecule has 1 aromatic carbocycles. The van der Waals surface area contributed by atoms with Crippen LogP contribution in [0.3, 0.4) is 0 Å². The molecule has 0 radical (unpaired) electrons. The summed E-state index contributed by atoms with van der Waals surface area (Å²) < 4.78 is 10.8. The molecule has 8 nitrogen and oxygen atoms in total. The molecule has 1 aliphatic rings. The van der Waals surface area contributed by atoms with E-state index in [1.807, 2.05) is 0 Å². The molecule has 26 heavy (non-hydrogen) atoms. The normalized spacial score (nSPS) is 16.8. The minimum Gasteiger partial charge on any atom is -0.493 e.